The maximum atomic E-state index is 13.3. The van der Waals surface area contributed by atoms with Crippen LogP contribution in [0.3, 0.4) is 0 Å². The van der Waals surface area contributed by atoms with E-state index in [9.17, 15) is 9.13 Å². The van der Waals surface area contributed by atoms with Crippen LogP contribution >= 0.6 is 15.6 Å². The molecule has 0 unspecified atom stereocenters. The first-order valence-electron chi connectivity index (χ1n) is 22.6. The zero-order valence-electron chi connectivity index (χ0n) is 35.5. The largest absolute Gasteiger partial charge is 0.474 e. The van der Waals surface area contributed by atoms with Crippen molar-refractivity contribution in [3.8, 4) is 0 Å². The molecule has 0 fully saturated rings. The van der Waals surface area contributed by atoms with E-state index in [-0.39, 0.29) is 13.2 Å². The molecule has 0 heterocycles. The molecule has 0 aliphatic carbocycles. The maximum absolute atomic E-state index is 13.3. The predicted molar refractivity (Wildman–Crippen MR) is 225 cm³/mol. The van der Waals surface area contributed by atoms with Crippen LogP contribution in [0.25, 0.3) is 0 Å². The summed E-state index contributed by atoms with van der Waals surface area (Å²) in [5, 5.41) is 0. The van der Waals surface area contributed by atoms with Crippen molar-refractivity contribution in [2.75, 3.05) is 39.6 Å². The highest BCUT2D eigenvalue weighted by Crippen LogP contribution is 2.50. The second kappa shape index (κ2) is 44.9. The first-order valence-corrected chi connectivity index (χ1v) is 25.5. The van der Waals surface area contributed by atoms with E-state index in [1.165, 1.54) is 154 Å². The Labute approximate surface area is 329 Å². The highest BCUT2D eigenvalue weighted by atomic mass is 31.2. The molecular weight excluding hydrogens is 710 g/mol. The molecule has 0 bridgehead atoms. The van der Waals surface area contributed by atoms with Gasteiger partial charge in [0.25, 0.3) is 0 Å². The smallest absolute Gasteiger partial charge is 0.379 e. The van der Waals surface area contributed by atoms with E-state index in [0.717, 1.165) is 51.4 Å². The van der Waals surface area contributed by atoms with Gasteiger partial charge < -0.3 is 14.5 Å². The minimum absolute atomic E-state index is 0.0615. The molecule has 11 heteroatoms. The minimum atomic E-state index is -4.30. The number of phosphoric ester groups is 2. The molecule has 0 saturated carbocycles. The van der Waals surface area contributed by atoms with E-state index < -0.39 is 15.6 Å². The zero-order chi connectivity index (χ0) is 39.4. The fourth-order valence-corrected chi connectivity index (χ4v) is 7.57. The summed E-state index contributed by atoms with van der Waals surface area (Å²) in [6.07, 6.45) is 40.3. The molecule has 0 aromatic heterocycles. The Morgan fingerprint density at radius 1 is 0.302 bits per heavy atom. The van der Waals surface area contributed by atoms with Crippen LogP contribution in [0.4, 0.5) is 0 Å². The number of hydrogen-bond donors (Lipinski definition) is 2. The average molecular weight is 801 g/mol. The summed E-state index contributed by atoms with van der Waals surface area (Å²) in [4.78, 5) is 16.5. The van der Waals surface area contributed by atoms with Crippen LogP contribution in [0.5, 0.6) is 0 Å². The van der Waals surface area contributed by atoms with Crippen LogP contribution in [-0.4, -0.2) is 49.4 Å². The van der Waals surface area contributed by atoms with E-state index in [1.807, 2.05) is 6.92 Å². The lowest BCUT2D eigenvalue weighted by molar-refractivity contribution is 0.0839. The second-order valence-corrected chi connectivity index (χ2v) is 17.7. The summed E-state index contributed by atoms with van der Waals surface area (Å²) in [5.74, 6) is 0. The van der Waals surface area contributed by atoms with Gasteiger partial charge in [-0.2, -0.15) is 0 Å². The number of hydrogen-bond acceptors (Lipinski definition) is 7. The van der Waals surface area contributed by atoms with Crippen molar-refractivity contribution < 1.29 is 41.7 Å². The van der Waals surface area contributed by atoms with Crippen molar-refractivity contribution in [2.45, 2.75) is 233 Å². The SMILES string of the molecule is CCCCCCCCCCCCOP(=O)(OCCCCCCCCCCCC)OCCCCCCCCCCCC.CCCCOCCOP(=O)(O)O. The molecule has 0 rings (SSSR count). The summed E-state index contributed by atoms with van der Waals surface area (Å²) >= 11 is 0. The van der Waals surface area contributed by atoms with Crippen molar-refractivity contribution in [2.24, 2.45) is 0 Å². The third kappa shape index (κ3) is 50.2. The van der Waals surface area contributed by atoms with Crippen LogP contribution < -0.4 is 0 Å². The second-order valence-electron chi connectivity index (χ2n) is 14.8. The van der Waals surface area contributed by atoms with Crippen molar-refractivity contribution >= 4 is 15.6 Å². The summed E-state index contributed by atoms with van der Waals surface area (Å²) in [6, 6.07) is 0. The molecule has 2 N–H and O–H groups in total. The van der Waals surface area contributed by atoms with Crippen LogP contribution in [0.2, 0.25) is 0 Å². The van der Waals surface area contributed by atoms with Gasteiger partial charge in [-0.3, -0.25) is 18.1 Å². The van der Waals surface area contributed by atoms with Gasteiger partial charge in [-0.15, -0.1) is 0 Å². The van der Waals surface area contributed by atoms with Crippen molar-refractivity contribution in [1.82, 2.24) is 0 Å². The fraction of sp³-hybridized carbons (Fsp3) is 1.00. The summed E-state index contributed by atoms with van der Waals surface area (Å²) in [5.41, 5.74) is 0. The van der Waals surface area contributed by atoms with Crippen molar-refractivity contribution in [3.63, 3.8) is 0 Å². The van der Waals surface area contributed by atoms with Gasteiger partial charge in [-0.05, 0) is 25.7 Å². The van der Waals surface area contributed by atoms with Gasteiger partial charge in [0.05, 0.1) is 33.0 Å². The van der Waals surface area contributed by atoms with E-state index in [4.69, 9.17) is 28.1 Å². The molecule has 53 heavy (non-hydrogen) atoms. The summed E-state index contributed by atoms with van der Waals surface area (Å²) < 4.78 is 50.0. The number of rotatable bonds is 43. The lowest BCUT2D eigenvalue weighted by atomic mass is 10.1. The zero-order valence-corrected chi connectivity index (χ0v) is 37.3. The molecule has 0 saturated heterocycles. The van der Waals surface area contributed by atoms with E-state index in [2.05, 4.69) is 25.3 Å². The highest BCUT2D eigenvalue weighted by molar-refractivity contribution is 7.48. The van der Waals surface area contributed by atoms with E-state index in [1.54, 1.807) is 0 Å². The molecule has 0 aromatic rings. The van der Waals surface area contributed by atoms with E-state index >= 15 is 0 Å². The van der Waals surface area contributed by atoms with Crippen molar-refractivity contribution in [1.29, 1.82) is 0 Å². The molecular formula is C42H90O9P2. The van der Waals surface area contributed by atoms with Gasteiger partial charge in [-0.1, -0.05) is 207 Å². The third-order valence-electron chi connectivity index (χ3n) is 9.37. The van der Waals surface area contributed by atoms with Crippen LogP contribution in [-0.2, 0) is 32.0 Å². The lowest BCUT2D eigenvalue weighted by Gasteiger charge is -2.18. The molecule has 9 nitrogen and oxygen atoms in total. The van der Waals surface area contributed by atoms with Crippen LogP contribution in [0, 0.1) is 0 Å². The normalized spacial score (nSPS) is 12.0. The first-order chi connectivity index (χ1) is 25.7. The number of ether oxygens (including phenoxy) is 1. The Kier molecular flexibility index (Phi) is 46.8. The van der Waals surface area contributed by atoms with Gasteiger partial charge in [0.15, 0.2) is 0 Å². The first kappa shape index (κ1) is 55.3. The van der Waals surface area contributed by atoms with Crippen molar-refractivity contribution in [3.05, 3.63) is 0 Å². The van der Waals surface area contributed by atoms with E-state index in [0.29, 0.717) is 26.4 Å². The summed E-state index contributed by atoms with van der Waals surface area (Å²) in [6.45, 7) is 11.1. The number of phosphoric acid groups is 2. The maximum Gasteiger partial charge on any atom is 0.474 e. The average Bonchev–Trinajstić information content (AvgIpc) is 3.13. The standard InChI is InChI=1S/C36H75O4P.C6H15O5P/c1-4-7-10-13-16-19-22-25-28-31-34-38-41(37,39-35-32-29-26-23-20-17-14-11-8-5-2)40-36-33-30-27-24-21-18-15-12-9-6-3;1-2-3-4-10-5-6-11-12(7,8)9/h4-36H2,1-3H3;2-6H2,1H3,(H2,7,8,9). The van der Waals surface area contributed by atoms with Crippen LogP contribution in [0.1, 0.15) is 233 Å². The Morgan fingerprint density at radius 3 is 0.830 bits per heavy atom. The Morgan fingerprint density at radius 2 is 0.566 bits per heavy atom. The molecule has 0 aliphatic rings. The fourth-order valence-electron chi connectivity index (χ4n) is 5.97. The number of unbranched alkanes of at least 4 members (excludes halogenated alkanes) is 28. The monoisotopic (exact) mass is 801 g/mol. The van der Waals surface area contributed by atoms with Gasteiger partial charge in [0.1, 0.15) is 0 Å². The lowest BCUT2D eigenvalue weighted by Crippen LogP contribution is -2.04. The van der Waals surface area contributed by atoms with Gasteiger partial charge in [-0.25, -0.2) is 9.13 Å². The molecule has 322 valence electrons. The van der Waals surface area contributed by atoms with Crippen LogP contribution in [0.15, 0.2) is 0 Å². The highest BCUT2D eigenvalue weighted by Gasteiger charge is 2.26. The molecule has 0 aromatic carbocycles. The predicted octanol–water partition coefficient (Wildman–Crippen LogP) is 14.8. The van der Waals surface area contributed by atoms with Gasteiger partial charge in [0, 0.05) is 6.61 Å². The summed E-state index contributed by atoms with van der Waals surface area (Å²) in [7, 11) is -7.75. The molecule has 0 radical (unpaired) electrons. The topological polar surface area (TPSA) is 121 Å². The Balaban J connectivity index is 0. The van der Waals surface area contributed by atoms with Gasteiger partial charge >= 0.3 is 15.6 Å². The minimum Gasteiger partial charge on any atom is -0.379 e. The Hall–Kier alpha value is 0.180. The quantitative estimate of drug-likeness (QED) is 0.0458. The molecule has 0 amide bonds. The third-order valence-corrected chi connectivity index (χ3v) is 11.4. The molecule has 0 spiro atoms. The molecule has 0 atom stereocenters. The van der Waals surface area contributed by atoms with Gasteiger partial charge in [0.2, 0.25) is 0 Å². The Bertz CT molecular complexity index is 710. The molecule has 0 aliphatic heterocycles.